The highest BCUT2D eigenvalue weighted by Crippen LogP contribution is 2.27. The van der Waals surface area contributed by atoms with Crippen LogP contribution in [0, 0.1) is 0 Å². The molecule has 1 aliphatic heterocycles. The maximum atomic E-state index is 11.0. The Bertz CT molecular complexity index is 617. The van der Waals surface area contributed by atoms with E-state index in [0.29, 0.717) is 17.5 Å². The van der Waals surface area contributed by atoms with Crippen LogP contribution in [0.2, 0.25) is 0 Å². The van der Waals surface area contributed by atoms with E-state index in [9.17, 15) is 4.79 Å². The second-order valence-corrected chi connectivity index (χ2v) is 5.92. The van der Waals surface area contributed by atoms with Crippen LogP contribution >= 0.6 is 0 Å². The molecule has 2 aromatic rings. The number of hydrogen-bond donors (Lipinski definition) is 0. The van der Waals surface area contributed by atoms with Gasteiger partial charge in [0.1, 0.15) is 5.82 Å². The van der Waals surface area contributed by atoms with Crippen LogP contribution in [0.25, 0.3) is 5.52 Å². The average Bonchev–Trinajstić information content (AvgIpc) is 2.90. The van der Waals surface area contributed by atoms with Crippen molar-refractivity contribution in [1.82, 2.24) is 14.3 Å². The van der Waals surface area contributed by atoms with Gasteiger partial charge in [-0.25, -0.2) is 4.98 Å². The molecule has 0 spiro atoms. The van der Waals surface area contributed by atoms with Gasteiger partial charge in [-0.2, -0.15) is 0 Å². The summed E-state index contributed by atoms with van der Waals surface area (Å²) in [5.41, 5.74) is 1.76. The van der Waals surface area contributed by atoms with E-state index in [4.69, 9.17) is 0 Å². The number of pyridine rings is 1. The number of piperidine rings is 1. The summed E-state index contributed by atoms with van der Waals surface area (Å²) in [6.45, 7) is 6.73. The molecule has 0 radical (unpaired) electrons. The number of hydrogen-bond acceptors (Lipinski definition) is 3. The van der Waals surface area contributed by atoms with Crippen LogP contribution in [0.1, 0.15) is 48.8 Å². The van der Waals surface area contributed by atoms with Crippen LogP contribution in [0.4, 0.5) is 0 Å². The highest BCUT2D eigenvalue weighted by Gasteiger charge is 2.25. The van der Waals surface area contributed by atoms with E-state index < -0.39 is 0 Å². The third-order valence-electron chi connectivity index (χ3n) is 4.26. The minimum Gasteiger partial charge on any atom is -0.303 e. The maximum absolute atomic E-state index is 11.0. The summed E-state index contributed by atoms with van der Waals surface area (Å²) in [6, 6.07) is 4.38. The number of carbonyl (C=O) groups excluding carboxylic acids is 1. The monoisotopic (exact) mass is 271 g/mol. The second kappa shape index (κ2) is 5.37. The Labute approximate surface area is 119 Å². The smallest absolute Gasteiger partial charge is 0.151 e. The van der Waals surface area contributed by atoms with Gasteiger partial charge in [0.2, 0.25) is 0 Å². The molecule has 106 valence electrons. The lowest BCUT2D eigenvalue weighted by atomic mass is 9.96. The lowest BCUT2D eigenvalue weighted by molar-refractivity contribution is 0.112. The van der Waals surface area contributed by atoms with E-state index >= 15 is 0 Å². The van der Waals surface area contributed by atoms with Crippen molar-refractivity contribution >= 4 is 11.8 Å². The Morgan fingerprint density at radius 1 is 1.40 bits per heavy atom. The Balaban J connectivity index is 1.95. The van der Waals surface area contributed by atoms with Crippen molar-refractivity contribution in [3.05, 3.63) is 35.9 Å². The lowest BCUT2D eigenvalue weighted by Crippen LogP contribution is -2.39. The molecule has 4 heteroatoms. The molecule has 1 saturated heterocycles. The predicted octanol–water partition coefficient (Wildman–Crippen LogP) is 2.73. The summed E-state index contributed by atoms with van der Waals surface area (Å²) < 4.78 is 2.08. The molecular weight excluding hydrogens is 250 g/mol. The number of aldehydes is 1. The molecule has 0 saturated carbocycles. The molecule has 0 N–H and O–H groups in total. The van der Waals surface area contributed by atoms with Crippen molar-refractivity contribution < 1.29 is 4.79 Å². The van der Waals surface area contributed by atoms with Gasteiger partial charge < -0.3 is 9.30 Å². The molecule has 1 fully saturated rings. The highest BCUT2D eigenvalue weighted by atomic mass is 16.1. The first-order valence-corrected chi connectivity index (χ1v) is 7.35. The lowest BCUT2D eigenvalue weighted by Gasteiger charge is -2.34. The number of likely N-dealkylation sites (tertiary alicyclic amines) is 1. The molecule has 1 atom stereocenters. The number of aromatic nitrogens is 2. The van der Waals surface area contributed by atoms with Crippen LogP contribution < -0.4 is 0 Å². The van der Waals surface area contributed by atoms with Crippen molar-refractivity contribution in [1.29, 1.82) is 0 Å². The topological polar surface area (TPSA) is 37.6 Å². The summed E-state index contributed by atoms with van der Waals surface area (Å²) in [4.78, 5) is 18.1. The fraction of sp³-hybridized carbons (Fsp3) is 0.500. The minimum absolute atomic E-state index is 0.454. The van der Waals surface area contributed by atoms with Gasteiger partial charge in [0.15, 0.2) is 6.29 Å². The number of nitrogens with zero attached hydrogens (tertiary/aromatic N) is 3. The van der Waals surface area contributed by atoms with E-state index in [1.54, 1.807) is 0 Å². The molecule has 2 aromatic heterocycles. The largest absolute Gasteiger partial charge is 0.303 e. The zero-order valence-corrected chi connectivity index (χ0v) is 12.1. The summed E-state index contributed by atoms with van der Waals surface area (Å²) in [5.74, 6) is 1.55. The van der Waals surface area contributed by atoms with Gasteiger partial charge in [0.05, 0.1) is 11.7 Å². The zero-order valence-electron chi connectivity index (χ0n) is 12.1. The first-order valence-electron chi connectivity index (χ1n) is 7.35. The van der Waals surface area contributed by atoms with Crippen LogP contribution in [0.15, 0.2) is 24.5 Å². The summed E-state index contributed by atoms with van der Waals surface area (Å²) in [5, 5.41) is 0. The molecule has 1 aliphatic rings. The number of carbonyl (C=O) groups is 1. The number of rotatable bonds is 3. The third-order valence-corrected chi connectivity index (χ3v) is 4.26. The maximum Gasteiger partial charge on any atom is 0.151 e. The van der Waals surface area contributed by atoms with Crippen molar-refractivity contribution in [2.45, 2.75) is 38.6 Å². The predicted molar refractivity (Wildman–Crippen MR) is 79.3 cm³/mol. The second-order valence-electron chi connectivity index (χ2n) is 5.92. The Kier molecular flexibility index (Phi) is 3.57. The average molecular weight is 271 g/mol. The van der Waals surface area contributed by atoms with Gasteiger partial charge in [0, 0.05) is 30.3 Å². The van der Waals surface area contributed by atoms with E-state index in [-0.39, 0.29) is 0 Å². The summed E-state index contributed by atoms with van der Waals surface area (Å²) in [7, 11) is 0. The molecule has 0 aliphatic carbocycles. The molecular formula is C16H21N3O. The van der Waals surface area contributed by atoms with Crippen molar-refractivity contribution in [3.8, 4) is 0 Å². The van der Waals surface area contributed by atoms with E-state index in [1.165, 1.54) is 19.4 Å². The van der Waals surface area contributed by atoms with Gasteiger partial charge in [-0.15, -0.1) is 0 Å². The number of fused-ring (bicyclic) bond motifs is 1. The molecule has 3 rings (SSSR count). The fourth-order valence-electron chi connectivity index (χ4n) is 3.08. The Hall–Kier alpha value is -1.68. The molecule has 0 aromatic carbocycles. The normalized spacial score (nSPS) is 20.6. The van der Waals surface area contributed by atoms with E-state index in [1.807, 2.05) is 24.5 Å². The van der Waals surface area contributed by atoms with Gasteiger partial charge in [-0.05, 0) is 45.4 Å². The summed E-state index contributed by atoms with van der Waals surface area (Å²) >= 11 is 0. The minimum atomic E-state index is 0.454. The molecule has 3 heterocycles. The Morgan fingerprint density at radius 3 is 3.00 bits per heavy atom. The zero-order chi connectivity index (χ0) is 14.1. The van der Waals surface area contributed by atoms with Gasteiger partial charge >= 0.3 is 0 Å². The van der Waals surface area contributed by atoms with Crippen LogP contribution in [-0.4, -0.2) is 39.7 Å². The highest BCUT2D eigenvalue weighted by molar-refractivity contribution is 5.75. The van der Waals surface area contributed by atoms with E-state index in [0.717, 1.165) is 24.2 Å². The van der Waals surface area contributed by atoms with Crippen LogP contribution in [0.3, 0.4) is 0 Å². The molecule has 0 amide bonds. The first-order chi connectivity index (χ1) is 9.69. The molecule has 0 bridgehead atoms. The number of imidazole rings is 1. The molecule has 1 unspecified atom stereocenters. The fourth-order valence-corrected chi connectivity index (χ4v) is 3.08. The molecule has 4 nitrogen and oxygen atoms in total. The Morgan fingerprint density at radius 2 is 2.25 bits per heavy atom. The standard InChI is InChI=1S/C16H21N3O/c1-12(2)18-7-3-4-14(10-18)16-17-8-15-6-5-13(11-20)9-19(15)16/h5-6,8-9,11-12,14H,3-4,7,10H2,1-2H3. The van der Waals surface area contributed by atoms with Crippen molar-refractivity contribution in [2.75, 3.05) is 13.1 Å². The van der Waals surface area contributed by atoms with Gasteiger partial charge in [-0.1, -0.05) is 0 Å². The summed E-state index contributed by atoms with van der Waals surface area (Å²) in [6.07, 6.45) is 7.08. The van der Waals surface area contributed by atoms with Crippen molar-refractivity contribution in [2.24, 2.45) is 0 Å². The third kappa shape index (κ3) is 2.36. The quantitative estimate of drug-likeness (QED) is 0.806. The van der Waals surface area contributed by atoms with Crippen molar-refractivity contribution in [3.63, 3.8) is 0 Å². The first kappa shape index (κ1) is 13.3. The van der Waals surface area contributed by atoms with E-state index in [2.05, 4.69) is 28.1 Å². The van der Waals surface area contributed by atoms with Gasteiger partial charge in [-0.3, -0.25) is 4.79 Å². The van der Waals surface area contributed by atoms with Crippen LogP contribution in [-0.2, 0) is 0 Å². The van der Waals surface area contributed by atoms with Gasteiger partial charge in [0.25, 0.3) is 0 Å². The SMILES string of the molecule is CC(C)N1CCCC(c2ncc3ccc(C=O)cn23)C1. The molecule has 20 heavy (non-hydrogen) atoms. The van der Waals surface area contributed by atoms with Crippen LogP contribution in [0.5, 0.6) is 0 Å².